The van der Waals surface area contributed by atoms with Crippen LogP contribution in [0.2, 0.25) is 0 Å². The maximum atomic E-state index is 5.91. The minimum absolute atomic E-state index is 0.114. The fourth-order valence-electron chi connectivity index (χ4n) is 1.61. The number of fused-ring (bicyclic) bond motifs is 1. The molecule has 2 aromatic heterocycles. The van der Waals surface area contributed by atoms with Gasteiger partial charge in [-0.3, -0.25) is 0 Å². The molecule has 2 heterocycles. The zero-order valence-electron chi connectivity index (χ0n) is 9.19. The molecule has 0 saturated heterocycles. The summed E-state index contributed by atoms with van der Waals surface area (Å²) < 4.78 is 0. The van der Waals surface area contributed by atoms with E-state index in [4.69, 9.17) is 5.73 Å². The smallest absolute Gasteiger partial charge is 0.127 e. The van der Waals surface area contributed by atoms with Crippen molar-refractivity contribution in [2.45, 2.75) is 32.7 Å². The van der Waals surface area contributed by atoms with E-state index >= 15 is 0 Å². The van der Waals surface area contributed by atoms with Crippen LogP contribution < -0.4 is 5.73 Å². The zero-order chi connectivity index (χ0) is 11.0. The lowest BCUT2D eigenvalue weighted by Gasteiger charge is -2.15. The van der Waals surface area contributed by atoms with E-state index in [0.29, 0.717) is 0 Å². The second kappa shape index (κ2) is 3.87. The van der Waals surface area contributed by atoms with Crippen LogP contribution in [0.5, 0.6) is 0 Å². The van der Waals surface area contributed by atoms with Gasteiger partial charge in [-0.25, -0.2) is 9.97 Å². The van der Waals surface area contributed by atoms with Crippen LogP contribution in [-0.2, 0) is 0 Å². The molecule has 4 heteroatoms. The summed E-state index contributed by atoms with van der Waals surface area (Å²) in [4.78, 5) is 11.0. The SMILES string of the molecule is Cc1cc2c(C(C)C(C)N)ncnc2s1. The molecule has 15 heavy (non-hydrogen) atoms. The van der Waals surface area contributed by atoms with Crippen molar-refractivity contribution in [3.05, 3.63) is 23.0 Å². The maximum absolute atomic E-state index is 5.91. The van der Waals surface area contributed by atoms with Crippen molar-refractivity contribution in [1.82, 2.24) is 9.97 Å². The lowest BCUT2D eigenvalue weighted by Crippen LogP contribution is -2.23. The molecule has 0 fully saturated rings. The van der Waals surface area contributed by atoms with Crippen LogP contribution in [0.1, 0.15) is 30.3 Å². The zero-order valence-corrected chi connectivity index (χ0v) is 10.0. The number of nitrogens with zero attached hydrogens (tertiary/aromatic N) is 2. The second-order valence-electron chi connectivity index (χ2n) is 3.98. The molecule has 2 atom stereocenters. The van der Waals surface area contributed by atoms with Crippen LogP contribution in [0.25, 0.3) is 10.2 Å². The number of thiophene rings is 1. The van der Waals surface area contributed by atoms with Gasteiger partial charge in [0.15, 0.2) is 0 Å². The van der Waals surface area contributed by atoms with E-state index in [9.17, 15) is 0 Å². The summed E-state index contributed by atoms with van der Waals surface area (Å²) in [5.74, 6) is 0.268. The van der Waals surface area contributed by atoms with E-state index in [1.165, 1.54) is 4.88 Å². The molecule has 0 aliphatic heterocycles. The van der Waals surface area contributed by atoms with Crippen molar-refractivity contribution in [2.24, 2.45) is 5.73 Å². The Morgan fingerprint density at radius 3 is 2.73 bits per heavy atom. The van der Waals surface area contributed by atoms with Crippen LogP contribution in [-0.4, -0.2) is 16.0 Å². The molecule has 2 aromatic rings. The van der Waals surface area contributed by atoms with E-state index in [-0.39, 0.29) is 12.0 Å². The highest BCUT2D eigenvalue weighted by Crippen LogP contribution is 2.29. The molecule has 3 nitrogen and oxygen atoms in total. The third-order valence-electron chi connectivity index (χ3n) is 2.70. The Morgan fingerprint density at radius 1 is 1.33 bits per heavy atom. The van der Waals surface area contributed by atoms with Gasteiger partial charge < -0.3 is 5.73 Å². The van der Waals surface area contributed by atoms with Gasteiger partial charge in [-0.05, 0) is 19.9 Å². The van der Waals surface area contributed by atoms with Crippen molar-refractivity contribution >= 4 is 21.6 Å². The fraction of sp³-hybridized carbons (Fsp3) is 0.455. The van der Waals surface area contributed by atoms with Crippen LogP contribution in [0.4, 0.5) is 0 Å². The van der Waals surface area contributed by atoms with E-state index in [1.54, 1.807) is 17.7 Å². The fourth-order valence-corrected chi connectivity index (χ4v) is 2.46. The standard InChI is InChI=1S/C11H15N3S/c1-6-4-9-10(7(2)8(3)12)13-5-14-11(9)15-6/h4-5,7-8H,12H2,1-3H3. The summed E-state index contributed by atoms with van der Waals surface area (Å²) in [6.07, 6.45) is 1.63. The Balaban J connectivity index is 2.59. The van der Waals surface area contributed by atoms with Gasteiger partial charge in [0, 0.05) is 22.2 Å². The number of aryl methyl sites for hydroxylation is 1. The van der Waals surface area contributed by atoms with Crippen LogP contribution >= 0.6 is 11.3 Å². The third kappa shape index (κ3) is 1.87. The van der Waals surface area contributed by atoms with Crippen LogP contribution in [0.3, 0.4) is 0 Å². The molecule has 2 N–H and O–H groups in total. The summed E-state index contributed by atoms with van der Waals surface area (Å²) in [6, 6.07) is 2.26. The highest BCUT2D eigenvalue weighted by atomic mass is 32.1. The van der Waals surface area contributed by atoms with Crippen LogP contribution in [0.15, 0.2) is 12.4 Å². The average Bonchev–Trinajstić information content (AvgIpc) is 2.56. The molecule has 0 radical (unpaired) electrons. The first-order valence-corrected chi connectivity index (χ1v) is 5.88. The van der Waals surface area contributed by atoms with Gasteiger partial charge in [0.1, 0.15) is 11.2 Å². The first kappa shape index (κ1) is 10.5. The third-order valence-corrected chi connectivity index (χ3v) is 3.66. The minimum Gasteiger partial charge on any atom is -0.327 e. The molecule has 2 unspecified atom stereocenters. The number of hydrogen-bond donors (Lipinski definition) is 1. The molecule has 2 rings (SSSR count). The highest BCUT2D eigenvalue weighted by molar-refractivity contribution is 7.18. The van der Waals surface area contributed by atoms with Crippen LogP contribution in [0, 0.1) is 6.92 Å². The Morgan fingerprint density at radius 2 is 2.07 bits per heavy atom. The Hall–Kier alpha value is -1.00. The van der Waals surface area contributed by atoms with Crippen molar-refractivity contribution < 1.29 is 0 Å². The average molecular weight is 221 g/mol. The summed E-state index contributed by atoms with van der Waals surface area (Å²) in [7, 11) is 0. The summed E-state index contributed by atoms with van der Waals surface area (Å²) in [5, 5.41) is 1.16. The number of aromatic nitrogens is 2. The monoisotopic (exact) mass is 221 g/mol. The van der Waals surface area contributed by atoms with E-state index < -0.39 is 0 Å². The Kier molecular flexibility index (Phi) is 2.71. The van der Waals surface area contributed by atoms with Gasteiger partial charge in [0.05, 0.1) is 5.69 Å². The minimum atomic E-state index is 0.114. The number of hydrogen-bond acceptors (Lipinski definition) is 4. The molecular weight excluding hydrogens is 206 g/mol. The molecular formula is C11H15N3S. The van der Waals surface area contributed by atoms with E-state index in [0.717, 1.165) is 15.9 Å². The summed E-state index contributed by atoms with van der Waals surface area (Å²) in [5.41, 5.74) is 6.98. The first-order chi connectivity index (χ1) is 7.09. The van der Waals surface area contributed by atoms with E-state index in [1.807, 2.05) is 6.92 Å². The Bertz CT molecular complexity index is 476. The van der Waals surface area contributed by atoms with Gasteiger partial charge in [0.2, 0.25) is 0 Å². The topological polar surface area (TPSA) is 51.8 Å². The van der Waals surface area contributed by atoms with Gasteiger partial charge >= 0.3 is 0 Å². The van der Waals surface area contributed by atoms with E-state index in [2.05, 4.69) is 29.9 Å². The van der Waals surface area contributed by atoms with Gasteiger partial charge in [-0.1, -0.05) is 6.92 Å². The van der Waals surface area contributed by atoms with Crippen molar-refractivity contribution in [3.63, 3.8) is 0 Å². The second-order valence-corrected chi connectivity index (χ2v) is 5.22. The largest absolute Gasteiger partial charge is 0.327 e. The first-order valence-electron chi connectivity index (χ1n) is 5.06. The predicted octanol–water partition coefficient (Wildman–Crippen LogP) is 2.45. The summed E-state index contributed by atoms with van der Waals surface area (Å²) >= 11 is 1.70. The maximum Gasteiger partial charge on any atom is 0.127 e. The molecule has 80 valence electrons. The molecule has 0 aromatic carbocycles. The Labute approximate surface area is 93.4 Å². The lowest BCUT2D eigenvalue weighted by atomic mass is 9.98. The highest BCUT2D eigenvalue weighted by Gasteiger charge is 2.16. The number of nitrogens with two attached hydrogens (primary N) is 1. The van der Waals surface area contributed by atoms with Gasteiger partial charge in [0.25, 0.3) is 0 Å². The van der Waals surface area contributed by atoms with Crippen molar-refractivity contribution in [3.8, 4) is 0 Å². The lowest BCUT2D eigenvalue weighted by molar-refractivity contribution is 0.602. The molecule has 0 aliphatic carbocycles. The number of rotatable bonds is 2. The molecule has 0 amide bonds. The summed E-state index contributed by atoms with van der Waals surface area (Å²) in [6.45, 7) is 6.21. The molecule has 0 saturated carbocycles. The van der Waals surface area contributed by atoms with Crippen molar-refractivity contribution in [2.75, 3.05) is 0 Å². The molecule has 0 spiro atoms. The molecule has 0 bridgehead atoms. The van der Waals surface area contributed by atoms with Gasteiger partial charge in [-0.2, -0.15) is 0 Å². The molecule has 0 aliphatic rings. The van der Waals surface area contributed by atoms with Crippen molar-refractivity contribution in [1.29, 1.82) is 0 Å². The predicted molar refractivity (Wildman–Crippen MR) is 64.2 cm³/mol. The quantitative estimate of drug-likeness (QED) is 0.847. The van der Waals surface area contributed by atoms with Gasteiger partial charge in [-0.15, -0.1) is 11.3 Å². The normalized spacial score (nSPS) is 15.5.